The lowest BCUT2D eigenvalue weighted by Crippen LogP contribution is -2.28. The molecule has 0 heterocycles. The Morgan fingerprint density at radius 2 is 1.81 bits per heavy atom. The molecule has 2 aromatic rings. The zero-order valence-corrected chi connectivity index (χ0v) is 12.4. The number of hydrogen-bond donors (Lipinski definition) is 2. The lowest BCUT2D eigenvalue weighted by atomic mass is 10.0. The van der Waals surface area contributed by atoms with Crippen LogP contribution in [0.4, 0.5) is 5.69 Å². The van der Waals surface area contributed by atoms with Crippen molar-refractivity contribution in [2.45, 2.75) is 19.3 Å². The van der Waals surface area contributed by atoms with Crippen molar-refractivity contribution in [2.24, 2.45) is 0 Å². The quantitative estimate of drug-likeness (QED) is 0.633. The van der Waals surface area contributed by atoms with E-state index in [1.807, 2.05) is 36.4 Å². The first-order valence-electron chi connectivity index (χ1n) is 7.28. The van der Waals surface area contributed by atoms with Crippen molar-refractivity contribution < 1.29 is 9.90 Å². The van der Waals surface area contributed by atoms with Gasteiger partial charge >= 0.3 is 0 Å². The molecule has 4 heteroatoms. The van der Waals surface area contributed by atoms with Gasteiger partial charge in [-0.1, -0.05) is 24.3 Å². The van der Waals surface area contributed by atoms with Gasteiger partial charge in [0.1, 0.15) is 0 Å². The fraction of sp³-hybridized carbons (Fsp3) is 0.353. The first kappa shape index (κ1) is 15.3. The molecule has 0 saturated heterocycles. The van der Waals surface area contributed by atoms with Gasteiger partial charge in [-0.2, -0.15) is 0 Å². The minimum atomic E-state index is -0.0535. The minimum absolute atomic E-state index is 0.0535. The van der Waals surface area contributed by atoms with Gasteiger partial charge in [0.05, 0.1) is 5.56 Å². The van der Waals surface area contributed by atoms with Crippen LogP contribution in [-0.4, -0.2) is 36.1 Å². The average Bonchev–Trinajstić information content (AvgIpc) is 2.50. The fourth-order valence-electron chi connectivity index (χ4n) is 2.39. The summed E-state index contributed by atoms with van der Waals surface area (Å²) in [4.78, 5) is 14.2. The number of hydrogen-bond acceptors (Lipinski definition) is 3. The van der Waals surface area contributed by atoms with E-state index in [0.717, 1.165) is 30.0 Å². The van der Waals surface area contributed by atoms with Crippen LogP contribution in [0.5, 0.6) is 0 Å². The lowest BCUT2D eigenvalue weighted by Gasteiger charge is -2.18. The standard InChI is InChI=1S/C17H22N2O2/c1-19(9-5-2-6-10-20)17(21)15-11-13-7-3-4-8-14(13)12-16(15)18/h3-4,7-8,11-12,20H,2,5-6,9-10,18H2,1H3. The molecule has 4 nitrogen and oxygen atoms in total. The summed E-state index contributed by atoms with van der Waals surface area (Å²) in [7, 11) is 1.79. The predicted octanol–water partition coefficient (Wildman–Crippen LogP) is 2.66. The predicted molar refractivity (Wildman–Crippen MR) is 86.3 cm³/mol. The Balaban J connectivity index is 2.13. The zero-order valence-electron chi connectivity index (χ0n) is 12.4. The Morgan fingerprint density at radius 3 is 2.48 bits per heavy atom. The number of unbranched alkanes of at least 4 members (excludes halogenated alkanes) is 2. The molecule has 0 bridgehead atoms. The Kier molecular flexibility index (Phi) is 5.17. The van der Waals surface area contributed by atoms with Crippen LogP contribution in [0.25, 0.3) is 10.8 Å². The van der Waals surface area contributed by atoms with Crippen molar-refractivity contribution in [1.82, 2.24) is 4.90 Å². The largest absolute Gasteiger partial charge is 0.398 e. The number of aliphatic hydroxyl groups is 1. The van der Waals surface area contributed by atoms with Crippen LogP contribution in [0.1, 0.15) is 29.6 Å². The van der Waals surface area contributed by atoms with Gasteiger partial charge in [0.2, 0.25) is 0 Å². The number of carbonyl (C=O) groups excluding carboxylic acids is 1. The molecule has 0 aliphatic rings. The van der Waals surface area contributed by atoms with E-state index in [1.54, 1.807) is 11.9 Å². The second-order valence-electron chi connectivity index (χ2n) is 5.30. The summed E-state index contributed by atoms with van der Waals surface area (Å²) in [5.74, 6) is -0.0535. The van der Waals surface area contributed by atoms with E-state index in [1.165, 1.54) is 0 Å². The molecule has 0 aliphatic carbocycles. The zero-order chi connectivity index (χ0) is 15.2. The maximum absolute atomic E-state index is 12.5. The summed E-state index contributed by atoms with van der Waals surface area (Å²) in [6, 6.07) is 11.6. The van der Waals surface area contributed by atoms with Gasteiger partial charge in [0.25, 0.3) is 5.91 Å². The van der Waals surface area contributed by atoms with Gasteiger partial charge in [-0.05, 0) is 42.2 Å². The summed E-state index contributed by atoms with van der Waals surface area (Å²) in [5.41, 5.74) is 7.09. The molecule has 0 radical (unpaired) electrons. The van der Waals surface area contributed by atoms with Crippen molar-refractivity contribution in [1.29, 1.82) is 0 Å². The van der Waals surface area contributed by atoms with Gasteiger partial charge in [-0.25, -0.2) is 0 Å². The topological polar surface area (TPSA) is 66.6 Å². The van der Waals surface area contributed by atoms with Gasteiger partial charge in [-0.15, -0.1) is 0 Å². The Labute approximate surface area is 125 Å². The van der Waals surface area contributed by atoms with Gasteiger partial charge in [0, 0.05) is 25.9 Å². The molecule has 3 N–H and O–H groups in total. The first-order valence-corrected chi connectivity index (χ1v) is 7.28. The number of rotatable bonds is 6. The van der Waals surface area contributed by atoms with Crippen LogP contribution in [0, 0.1) is 0 Å². The van der Waals surface area contributed by atoms with E-state index in [0.29, 0.717) is 17.8 Å². The molecule has 112 valence electrons. The average molecular weight is 286 g/mol. The third kappa shape index (κ3) is 3.73. The van der Waals surface area contributed by atoms with E-state index >= 15 is 0 Å². The molecule has 0 aromatic heterocycles. The number of benzene rings is 2. The lowest BCUT2D eigenvalue weighted by molar-refractivity contribution is 0.0793. The third-order valence-corrected chi connectivity index (χ3v) is 3.65. The minimum Gasteiger partial charge on any atom is -0.398 e. The van der Waals surface area contributed by atoms with Crippen molar-refractivity contribution in [2.75, 3.05) is 25.9 Å². The molecule has 2 aromatic carbocycles. The van der Waals surface area contributed by atoms with E-state index < -0.39 is 0 Å². The Bertz CT molecular complexity index is 625. The number of nitrogens with zero attached hydrogens (tertiary/aromatic N) is 1. The van der Waals surface area contributed by atoms with Crippen LogP contribution in [0.15, 0.2) is 36.4 Å². The monoisotopic (exact) mass is 286 g/mol. The van der Waals surface area contributed by atoms with E-state index in [9.17, 15) is 4.79 Å². The molecule has 0 unspecified atom stereocenters. The summed E-state index contributed by atoms with van der Waals surface area (Å²) < 4.78 is 0. The van der Waals surface area contributed by atoms with Crippen molar-refractivity contribution >= 4 is 22.4 Å². The second kappa shape index (κ2) is 7.09. The number of aliphatic hydroxyl groups excluding tert-OH is 1. The van der Waals surface area contributed by atoms with E-state index in [4.69, 9.17) is 10.8 Å². The molecular weight excluding hydrogens is 264 g/mol. The summed E-state index contributed by atoms with van der Waals surface area (Å²) in [6.07, 6.45) is 2.58. The van der Waals surface area contributed by atoms with Crippen LogP contribution < -0.4 is 5.73 Å². The molecule has 0 fully saturated rings. The van der Waals surface area contributed by atoms with Gasteiger partial charge in [-0.3, -0.25) is 4.79 Å². The highest BCUT2D eigenvalue weighted by molar-refractivity contribution is 6.03. The van der Waals surface area contributed by atoms with Crippen LogP contribution in [0.3, 0.4) is 0 Å². The van der Waals surface area contributed by atoms with Crippen molar-refractivity contribution in [3.63, 3.8) is 0 Å². The van der Waals surface area contributed by atoms with E-state index in [2.05, 4.69) is 0 Å². The SMILES string of the molecule is CN(CCCCCO)C(=O)c1cc2ccccc2cc1N. The number of nitrogen functional groups attached to an aromatic ring is 1. The van der Waals surface area contributed by atoms with Crippen molar-refractivity contribution in [3.8, 4) is 0 Å². The van der Waals surface area contributed by atoms with Crippen molar-refractivity contribution in [3.05, 3.63) is 42.0 Å². The Morgan fingerprint density at radius 1 is 1.14 bits per heavy atom. The van der Waals surface area contributed by atoms with Crippen LogP contribution in [-0.2, 0) is 0 Å². The number of carbonyl (C=O) groups is 1. The number of amides is 1. The molecule has 0 saturated carbocycles. The smallest absolute Gasteiger partial charge is 0.255 e. The summed E-state index contributed by atoms with van der Waals surface area (Å²) in [5, 5.41) is 10.8. The fourth-order valence-corrected chi connectivity index (χ4v) is 2.39. The second-order valence-corrected chi connectivity index (χ2v) is 5.30. The molecule has 0 atom stereocenters. The normalized spacial score (nSPS) is 10.8. The number of nitrogens with two attached hydrogens (primary N) is 1. The molecule has 21 heavy (non-hydrogen) atoms. The third-order valence-electron chi connectivity index (χ3n) is 3.65. The van der Waals surface area contributed by atoms with Crippen LogP contribution in [0.2, 0.25) is 0 Å². The van der Waals surface area contributed by atoms with Crippen LogP contribution >= 0.6 is 0 Å². The molecule has 1 amide bonds. The van der Waals surface area contributed by atoms with Gasteiger partial charge in [0.15, 0.2) is 0 Å². The van der Waals surface area contributed by atoms with E-state index in [-0.39, 0.29) is 12.5 Å². The van der Waals surface area contributed by atoms with Gasteiger partial charge < -0.3 is 15.7 Å². The highest BCUT2D eigenvalue weighted by Crippen LogP contribution is 2.23. The summed E-state index contributed by atoms with van der Waals surface area (Å²) in [6.45, 7) is 0.875. The molecular formula is C17H22N2O2. The molecule has 0 aliphatic heterocycles. The maximum atomic E-state index is 12.5. The molecule has 0 spiro atoms. The number of fused-ring (bicyclic) bond motifs is 1. The Hall–Kier alpha value is -2.07. The number of anilines is 1. The molecule has 2 rings (SSSR count). The first-order chi connectivity index (χ1) is 10.1. The highest BCUT2D eigenvalue weighted by atomic mass is 16.2. The highest BCUT2D eigenvalue weighted by Gasteiger charge is 2.15. The maximum Gasteiger partial charge on any atom is 0.255 e. The summed E-state index contributed by atoms with van der Waals surface area (Å²) >= 11 is 0.